The van der Waals surface area contributed by atoms with Crippen LogP contribution in [0.3, 0.4) is 0 Å². The van der Waals surface area contributed by atoms with Crippen LogP contribution in [0.4, 0.5) is 0 Å². The van der Waals surface area contributed by atoms with Gasteiger partial charge in [-0.05, 0) is 12.3 Å². The van der Waals surface area contributed by atoms with Crippen molar-refractivity contribution in [3.05, 3.63) is 16.0 Å². The molecule has 7 heteroatoms. The molecule has 1 atom stereocenters. The molecule has 0 aliphatic rings. The highest BCUT2D eigenvalue weighted by Gasteiger charge is 2.30. The Kier molecular flexibility index (Phi) is 4.90. The quantitative estimate of drug-likeness (QED) is 0.545. The van der Waals surface area contributed by atoms with Crippen molar-refractivity contribution in [2.24, 2.45) is 11.1 Å². The molecule has 1 rings (SSSR count). The van der Waals surface area contributed by atoms with Crippen LogP contribution < -0.4 is 4.74 Å². The molecule has 0 bridgehead atoms. The minimum atomic E-state index is -1.05. The van der Waals surface area contributed by atoms with Gasteiger partial charge in [-0.1, -0.05) is 19.0 Å². The molecule has 3 N–H and O–H groups in total. The molecule has 0 aliphatic heterocycles. The molecule has 0 fully saturated rings. The van der Waals surface area contributed by atoms with Gasteiger partial charge in [0.15, 0.2) is 17.8 Å². The zero-order chi connectivity index (χ0) is 15.4. The van der Waals surface area contributed by atoms with E-state index in [1.165, 1.54) is 7.11 Å². The molecule has 0 aliphatic carbocycles. The van der Waals surface area contributed by atoms with Gasteiger partial charge in [-0.15, -0.1) is 0 Å². The Morgan fingerprint density at radius 2 is 1.80 bits per heavy atom. The summed E-state index contributed by atoms with van der Waals surface area (Å²) in [6.45, 7) is 3.68. The first kappa shape index (κ1) is 15.7. The van der Waals surface area contributed by atoms with Gasteiger partial charge >= 0.3 is 0 Å². The number of aldehydes is 1. The first-order chi connectivity index (χ1) is 9.38. The van der Waals surface area contributed by atoms with Crippen molar-refractivity contribution in [2.45, 2.75) is 26.3 Å². The van der Waals surface area contributed by atoms with E-state index in [0.29, 0.717) is 0 Å². The van der Waals surface area contributed by atoms with Gasteiger partial charge < -0.3 is 20.1 Å². The minimum absolute atomic E-state index is 0.0657. The summed E-state index contributed by atoms with van der Waals surface area (Å²) in [5, 5.41) is 32.6. The highest BCUT2D eigenvalue weighted by Crippen LogP contribution is 2.50. The van der Waals surface area contributed by atoms with Gasteiger partial charge in [0.1, 0.15) is 17.4 Å². The Labute approximate surface area is 115 Å². The largest absolute Gasteiger partial charge is 0.507 e. The van der Waals surface area contributed by atoms with Crippen LogP contribution >= 0.6 is 0 Å². The maximum absolute atomic E-state index is 11.0. The second kappa shape index (κ2) is 6.23. The summed E-state index contributed by atoms with van der Waals surface area (Å²) in [5.74, 6) is -2.26. The summed E-state index contributed by atoms with van der Waals surface area (Å²) in [5.41, 5.74) is -0.669. The number of phenolic OH excluding ortho intramolecular Hbond substituents is 3. The van der Waals surface area contributed by atoms with Gasteiger partial charge in [-0.2, -0.15) is 4.91 Å². The van der Waals surface area contributed by atoms with E-state index >= 15 is 0 Å². The van der Waals surface area contributed by atoms with Crippen LogP contribution in [0.2, 0.25) is 0 Å². The number of ether oxygens (including phenoxy) is 1. The number of hydrogen-bond donors (Lipinski definition) is 3. The van der Waals surface area contributed by atoms with Crippen molar-refractivity contribution >= 4 is 6.29 Å². The molecule has 110 valence electrons. The second-order valence-electron chi connectivity index (χ2n) is 4.78. The molecule has 0 aromatic heterocycles. The first-order valence-electron chi connectivity index (χ1n) is 6.01. The summed E-state index contributed by atoms with van der Waals surface area (Å²) < 4.78 is 4.80. The molecule has 0 heterocycles. The van der Waals surface area contributed by atoms with Crippen molar-refractivity contribution in [2.75, 3.05) is 7.11 Å². The lowest BCUT2D eigenvalue weighted by Crippen LogP contribution is -2.04. The van der Waals surface area contributed by atoms with E-state index in [1.54, 1.807) is 0 Å². The lowest BCUT2D eigenvalue weighted by atomic mass is 9.93. The topological polar surface area (TPSA) is 116 Å². The van der Waals surface area contributed by atoms with Gasteiger partial charge in [-0.3, -0.25) is 4.79 Å². The fourth-order valence-corrected chi connectivity index (χ4v) is 2.01. The Balaban J connectivity index is 3.59. The van der Waals surface area contributed by atoms with Crippen LogP contribution in [-0.2, 0) is 0 Å². The fraction of sp³-hybridized carbons (Fsp3) is 0.462. The lowest BCUT2D eigenvalue weighted by Gasteiger charge is -2.19. The molecule has 0 amide bonds. The number of methoxy groups -OCH3 is 1. The maximum Gasteiger partial charge on any atom is 0.204 e. The smallest absolute Gasteiger partial charge is 0.204 e. The summed E-state index contributed by atoms with van der Waals surface area (Å²) >= 11 is 0. The maximum atomic E-state index is 11.0. The first-order valence-corrected chi connectivity index (χ1v) is 6.01. The van der Waals surface area contributed by atoms with Gasteiger partial charge in [-0.25, -0.2) is 0 Å². The highest BCUT2D eigenvalue weighted by atomic mass is 16.5. The van der Waals surface area contributed by atoms with Crippen LogP contribution in [-0.4, -0.2) is 28.7 Å². The van der Waals surface area contributed by atoms with Crippen LogP contribution in [0.1, 0.15) is 42.2 Å². The molecule has 0 saturated heterocycles. The summed E-state index contributed by atoms with van der Waals surface area (Å²) in [6, 6.07) is -1.05. The molecular formula is C13H17NO6. The number of rotatable bonds is 6. The highest BCUT2D eigenvalue weighted by molar-refractivity contribution is 5.88. The zero-order valence-corrected chi connectivity index (χ0v) is 11.5. The average molecular weight is 283 g/mol. The summed E-state index contributed by atoms with van der Waals surface area (Å²) in [6.07, 6.45) is 0.476. The number of aromatic hydroxyl groups is 3. The van der Waals surface area contributed by atoms with Gasteiger partial charge in [0.2, 0.25) is 5.75 Å². The number of carbonyl (C=O) groups is 1. The Morgan fingerprint density at radius 3 is 2.20 bits per heavy atom. The predicted octanol–water partition coefficient (Wildman–Crippen LogP) is 2.48. The minimum Gasteiger partial charge on any atom is -0.507 e. The predicted molar refractivity (Wildman–Crippen MR) is 71.4 cm³/mol. The molecule has 1 unspecified atom stereocenters. The van der Waals surface area contributed by atoms with Crippen molar-refractivity contribution in [3.63, 3.8) is 0 Å². The summed E-state index contributed by atoms with van der Waals surface area (Å²) in [4.78, 5) is 21.9. The van der Waals surface area contributed by atoms with Crippen LogP contribution in [0.25, 0.3) is 0 Å². The van der Waals surface area contributed by atoms with Gasteiger partial charge in [0.05, 0.1) is 12.7 Å². The van der Waals surface area contributed by atoms with Crippen LogP contribution in [0.15, 0.2) is 5.18 Å². The monoisotopic (exact) mass is 283 g/mol. The molecule has 0 saturated carbocycles. The van der Waals surface area contributed by atoms with Crippen molar-refractivity contribution in [3.8, 4) is 23.0 Å². The summed E-state index contributed by atoms with van der Waals surface area (Å²) in [7, 11) is 1.18. The van der Waals surface area contributed by atoms with E-state index < -0.39 is 28.9 Å². The van der Waals surface area contributed by atoms with E-state index in [1.807, 2.05) is 13.8 Å². The molecule has 1 aromatic carbocycles. The van der Waals surface area contributed by atoms with Crippen molar-refractivity contribution in [1.82, 2.24) is 0 Å². The number of nitrogens with zero attached hydrogens (tertiary/aromatic N) is 1. The third-order valence-corrected chi connectivity index (χ3v) is 2.93. The molecule has 1 aromatic rings. The van der Waals surface area contributed by atoms with E-state index in [4.69, 9.17) is 4.74 Å². The van der Waals surface area contributed by atoms with Gasteiger partial charge in [0, 0.05) is 0 Å². The van der Waals surface area contributed by atoms with Gasteiger partial charge in [0.25, 0.3) is 0 Å². The zero-order valence-electron chi connectivity index (χ0n) is 11.5. The molecule has 0 spiro atoms. The standard InChI is InChI=1S/C13H17NO6/c1-6(2)4-8(14-19)9-10(16)7(5-15)11(17)13(20-3)12(9)18/h5-6,8,16-18H,4H2,1-3H3. The third kappa shape index (κ3) is 2.66. The fourth-order valence-electron chi connectivity index (χ4n) is 2.01. The van der Waals surface area contributed by atoms with Crippen LogP contribution in [0, 0.1) is 10.8 Å². The lowest BCUT2D eigenvalue weighted by molar-refractivity contribution is 0.111. The SMILES string of the molecule is COc1c(O)c(C=O)c(O)c(C(CC(C)C)N=O)c1O. The number of hydrogen-bond acceptors (Lipinski definition) is 7. The van der Waals surface area contributed by atoms with Crippen LogP contribution in [0.5, 0.6) is 23.0 Å². The van der Waals surface area contributed by atoms with E-state index in [9.17, 15) is 25.0 Å². The molecule has 0 radical (unpaired) electrons. The average Bonchev–Trinajstić information content (AvgIpc) is 2.38. The number of carbonyl (C=O) groups excluding carboxylic acids is 1. The van der Waals surface area contributed by atoms with Crippen molar-refractivity contribution in [1.29, 1.82) is 0 Å². The third-order valence-electron chi connectivity index (χ3n) is 2.93. The van der Waals surface area contributed by atoms with E-state index in [2.05, 4.69) is 5.18 Å². The normalized spacial score (nSPS) is 12.2. The Hall–Kier alpha value is -2.31. The van der Waals surface area contributed by atoms with E-state index in [0.717, 1.165) is 0 Å². The second-order valence-corrected chi connectivity index (χ2v) is 4.78. The number of nitroso groups, excluding NO2 is 1. The Morgan fingerprint density at radius 1 is 1.20 bits per heavy atom. The van der Waals surface area contributed by atoms with Crippen molar-refractivity contribution < 1.29 is 24.9 Å². The number of benzene rings is 1. The Bertz CT molecular complexity index is 526. The number of phenols is 3. The van der Waals surface area contributed by atoms with E-state index in [-0.39, 0.29) is 29.9 Å². The molecule has 7 nitrogen and oxygen atoms in total. The molecule has 20 heavy (non-hydrogen) atoms. The molecular weight excluding hydrogens is 266 g/mol.